The first-order valence-corrected chi connectivity index (χ1v) is 12.1. The first-order valence-electron chi connectivity index (χ1n) is 11.3. The fraction of sp³-hybridized carbons (Fsp3) is 0.609. The maximum absolute atomic E-state index is 12.7. The molecule has 0 saturated carbocycles. The van der Waals surface area contributed by atoms with Gasteiger partial charge in [-0.05, 0) is 31.4 Å². The Morgan fingerprint density at radius 2 is 2.03 bits per heavy atom. The molecular formula is C23H32N4O3S. The lowest BCUT2D eigenvalue weighted by Crippen LogP contribution is -2.47. The molecule has 31 heavy (non-hydrogen) atoms. The SMILES string of the molecule is CC(=O)N(CCN1CCOCC1)C1CCN(C(=O)CCCc2nc3ccccc3s2)C1. The molecule has 2 aliphatic heterocycles. The Morgan fingerprint density at radius 1 is 1.23 bits per heavy atom. The number of thiazole rings is 1. The first-order chi connectivity index (χ1) is 15.1. The Morgan fingerprint density at radius 3 is 2.81 bits per heavy atom. The van der Waals surface area contributed by atoms with E-state index in [-0.39, 0.29) is 17.9 Å². The Kier molecular flexibility index (Phi) is 7.53. The first kappa shape index (κ1) is 22.2. The molecule has 2 saturated heterocycles. The van der Waals surface area contributed by atoms with Crippen LogP contribution < -0.4 is 0 Å². The fourth-order valence-corrected chi connectivity index (χ4v) is 5.48. The van der Waals surface area contributed by atoms with Crippen molar-refractivity contribution in [2.24, 2.45) is 0 Å². The summed E-state index contributed by atoms with van der Waals surface area (Å²) in [4.78, 5) is 35.9. The normalized spacial score (nSPS) is 19.8. The largest absolute Gasteiger partial charge is 0.379 e. The van der Waals surface area contributed by atoms with Crippen molar-refractivity contribution >= 4 is 33.4 Å². The van der Waals surface area contributed by atoms with Crippen molar-refractivity contribution in [3.05, 3.63) is 29.3 Å². The molecule has 7 nitrogen and oxygen atoms in total. The zero-order valence-corrected chi connectivity index (χ0v) is 19.1. The molecule has 168 valence electrons. The number of hydrogen-bond acceptors (Lipinski definition) is 6. The Bertz CT molecular complexity index is 863. The number of benzene rings is 1. The molecule has 0 bridgehead atoms. The standard InChI is InChI=1S/C23H32N4O3S/c1-18(28)27(12-11-25-13-15-30-16-14-25)19-9-10-26(17-19)23(29)8-4-7-22-24-20-5-2-3-6-21(20)31-22/h2-3,5-6,19H,4,7-17H2,1H3. The van der Waals surface area contributed by atoms with E-state index in [9.17, 15) is 9.59 Å². The van der Waals surface area contributed by atoms with Crippen LogP contribution in [0.15, 0.2) is 24.3 Å². The highest BCUT2D eigenvalue weighted by Gasteiger charge is 2.31. The van der Waals surface area contributed by atoms with Gasteiger partial charge in [-0.3, -0.25) is 14.5 Å². The van der Waals surface area contributed by atoms with E-state index in [1.165, 1.54) is 4.70 Å². The summed E-state index contributed by atoms with van der Waals surface area (Å²) in [6.45, 7) is 8.02. The molecule has 8 heteroatoms. The van der Waals surface area contributed by atoms with Crippen LogP contribution in [-0.2, 0) is 20.7 Å². The number of amides is 2. The topological polar surface area (TPSA) is 66.0 Å². The van der Waals surface area contributed by atoms with Crippen LogP contribution in [0.2, 0.25) is 0 Å². The van der Waals surface area contributed by atoms with E-state index in [0.29, 0.717) is 13.0 Å². The average Bonchev–Trinajstić information content (AvgIpc) is 3.41. The quantitative estimate of drug-likeness (QED) is 0.626. The Hall–Kier alpha value is -2.03. The van der Waals surface area contributed by atoms with Crippen LogP contribution in [0.25, 0.3) is 10.2 Å². The maximum Gasteiger partial charge on any atom is 0.222 e. The van der Waals surface area contributed by atoms with Crippen molar-refractivity contribution < 1.29 is 14.3 Å². The summed E-state index contributed by atoms with van der Waals surface area (Å²) in [5.41, 5.74) is 1.04. The highest BCUT2D eigenvalue weighted by atomic mass is 32.1. The number of aromatic nitrogens is 1. The van der Waals surface area contributed by atoms with Gasteiger partial charge in [-0.15, -0.1) is 11.3 Å². The molecule has 0 aliphatic carbocycles. The van der Waals surface area contributed by atoms with E-state index >= 15 is 0 Å². The van der Waals surface area contributed by atoms with Gasteiger partial charge in [-0.1, -0.05) is 12.1 Å². The highest BCUT2D eigenvalue weighted by molar-refractivity contribution is 7.18. The van der Waals surface area contributed by atoms with Crippen LogP contribution in [-0.4, -0.2) is 90.0 Å². The summed E-state index contributed by atoms with van der Waals surface area (Å²) in [7, 11) is 0. The van der Waals surface area contributed by atoms with Gasteiger partial charge in [0.05, 0.1) is 34.5 Å². The van der Waals surface area contributed by atoms with Gasteiger partial charge in [-0.2, -0.15) is 0 Å². The number of nitrogens with zero attached hydrogens (tertiary/aromatic N) is 4. The zero-order valence-electron chi connectivity index (χ0n) is 18.3. The van der Waals surface area contributed by atoms with E-state index < -0.39 is 0 Å². The van der Waals surface area contributed by atoms with Crippen LogP contribution in [0.3, 0.4) is 0 Å². The summed E-state index contributed by atoms with van der Waals surface area (Å²) in [6.07, 6.45) is 3.05. The van der Waals surface area contributed by atoms with Crippen LogP contribution >= 0.6 is 11.3 Å². The highest BCUT2D eigenvalue weighted by Crippen LogP contribution is 2.23. The predicted molar refractivity (Wildman–Crippen MR) is 122 cm³/mol. The van der Waals surface area contributed by atoms with Crippen LogP contribution in [0.1, 0.15) is 31.2 Å². The number of ether oxygens (including phenoxy) is 1. The van der Waals surface area contributed by atoms with Gasteiger partial charge in [0.1, 0.15) is 0 Å². The number of carbonyl (C=O) groups is 2. The van der Waals surface area contributed by atoms with E-state index in [0.717, 1.165) is 75.7 Å². The summed E-state index contributed by atoms with van der Waals surface area (Å²) < 4.78 is 6.60. The van der Waals surface area contributed by atoms with Crippen molar-refractivity contribution in [3.63, 3.8) is 0 Å². The second-order valence-corrected chi connectivity index (χ2v) is 9.49. The predicted octanol–water partition coefficient (Wildman–Crippen LogP) is 2.40. The van der Waals surface area contributed by atoms with Crippen molar-refractivity contribution in [1.82, 2.24) is 19.7 Å². The number of aryl methyl sites for hydroxylation is 1. The lowest BCUT2D eigenvalue weighted by Gasteiger charge is -2.32. The maximum atomic E-state index is 12.7. The molecule has 1 atom stereocenters. The number of hydrogen-bond donors (Lipinski definition) is 0. The summed E-state index contributed by atoms with van der Waals surface area (Å²) in [5, 5.41) is 1.10. The fourth-order valence-electron chi connectivity index (χ4n) is 4.47. The molecule has 2 aromatic rings. The molecule has 0 radical (unpaired) electrons. The molecule has 2 amide bonds. The smallest absolute Gasteiger partial charge is 0.222 e. The summed E-state index contributed by atoms with van der Waals surface area (Å²) in [6, 6.07) is 8.29. The van der Waals surface area contributed by atoms with E-state index in [4.69, 9.17) is 4.74 Å². The third kappa shape index (κ3) is 5.81. The van der Waals surface area contributed by atoms with Crippen molar-refractivity contribution in [2.75, 3.05) is 52.5 Å². The van der Waals surface area contributed by atoms with Crippen LogP contribution in [0, 0.1) is 0 Å². The van der Waals surface area contributed by atoms with Gasteiger partial charge in [0, 0.05) is 52.6 Å². The molecule has 2 fully saturated rings. The second kappa shape index (κ2) is 10.5. The van der Waals surface area contributed by atoms with Gasteiger partial charge >= 0.3 is 0 Å². The molecule has 3 heterocycles. The molecule has 1 aromatic carbocycles. The van der Waals surface area contributed by atoms with Crippen molar-refractivity contribution in [2.45, 2.75) is 38.6 Å². The lowest BCUT2D eigenvalue weighted by molar-refractivity contribution is -0.134. The molecule has 1 aromatic heterocycles. The van der Waals surface area contributed by atoms with Gasteiger partial charge in [0.2, 0.25) is 11.8 Å². The van der Waals surface area contributed by atoms with E-state index in [1.807, 2.05) is 28.0 Å². The van der Waals surface area contributed by atoms with Gasteiger partial charge in [0.15, 0.2) is 0 Å². The minimum Gasteiger partial charge on any atom is -0.379 e. The minimum absolute atomic E-state index is 0.100. The second-order valence-electron chi connectivity index (χ2n) is 8.38. The lowest BCUT2D eigenvalue weighted by atomic mass is 10.2. The number of carbonyl (C=O) groups excluding carboxylic acids is 2. The number of rotatable bonds is 8. The average molecular weight is 445 g/mol. The van der Waals surface area contributed by atoms with Crippen LogP contribution in [0.5, 0.6) is 0 Å². The van der Waals surface area contributed by atoms with Crippen molar-refractivity contribution in [1.29, 1.82) is 0 Å². The van der Waals surface area contributed by atoms with Gasteiger partial charge in [0.25, 0.3) is 0 Å². The molecular weight excluding hydrogens is 412 g/mol. The number of likely N-dealkylation sites (tertiary alicyclic amines) is 1. The van der Waals surface area contributed by atoms with E-state index in [2.05, 4.69) is 16.0 Å². The Balaban J connectivity index is 1.22. The summed E-state index contributed by atoms with van der Waals surface area (Å²) >= 11 is 1.71. The molecule has 2 aliphatic rings. The Labute approximate surface area is 188 Å². The summed E-state index contributed by atoms with van der Waals surface area (Å²) in [5.74, 6) is 0.295. The zero-order chi connectivity index (χ0) is 21.6. The third-order valence-electron chi connectivity index (χ3n) is 6.24. The number of fused-ring (bicyclic) bond motifs is 1. The molecule has 0 N–H and O–H groups in total. The monoisotopic (exact) mass is 444 g/mol. The van der Waals surface area contributed by atoms with Gasteiger partial charge in [-0.25, -0.2) is 4.98 Å². The molecule has 0 spiro atoms. The molecule has 4 rings (SSSR count). The minimum atomic E-state index is 0.100. The number of morpholine rings is 1. The third-order valence-corrected chi connectivity index (χ3v) is 7.34. The van der Waals surface area contributed by atoms with Gasteiger partial charge < -0.3 is 14.5 Å². The van der Waals surface area contributed by atoms with Crippen molar-refractivity contribution in [3.8, 4) is 0 Å². The van der Waals surface area contributed by atoms with E-state index in [1.54, 1.807) is 18.3 Å². The van der Waals surface area contributed by atoms with Crippen LogP contribution in [0.4, 0.5) is 0 Å². The molecule has 1 unspecified atom stereocenters. The number of para-hydroxylation sites is 1.